The summed E-state index contributed by atoms with van der Waals surface area (Å²) in [6.07, 6.45) is 12.9. The number of aliphatic hydroxyl groups is 2. The zero-order valence-corrected chi connectivity index (χ0v) is 12.2. The summed E-state index contributed by atoms with van der Waals surface area (Å²) in [6, 6.07) is 0. The summed E-state index contributed by atoms with van der Waals surface area (Å²) in [5.41, 5.74) is 0. The zero-order valence-electron chi connectivity index (χ0n) is 12.2. The Morgan fingerprint density at radius 3 is 1.83 bits per heavy atom. The molecule has 0 aromatic carbocycles. The summed E-state index contributed by atoms with van der Waals surface area (Å²) >= 11 is 0. The van der Waals surface area contributed by atoms with Crippen LogP contribution in [0.5, 0.6) is 0 Å². The van der Waals surface area contributed by atoms with Gasteiger partial charge in [-0.25, -0.2) is 0 Å². The lowest BCUT2D eigenvalue weighted by Crippen LogP contribution is -2.29. The standard InChI is InChI=1S/C15H33NO2/c1-2-3-4-5-6-7-8-9-10-11-12-16-13-15(18)14-17/h15-18H,2-14H2,1H3/t15-/m0/s1. The molecule has 0 rings (SSSR count). The first-order valence-corrected chi connectivity index (χ1v) is 7.81. The monoisotopic (exact) mass is 259 g/mol. The maximum atomic E-state index is 9.11. The molecule has 0 bridgehead atoms. The lowest BCUT2D eigenvalue weighted by molar-refractivity contribution is 0.0945. The van der Waals surface area contributed by atoms with Crippen molar-refractivity contribution in [3.05, 3.63) is 0 Å². The molecule has 0 aliphatic heterocycles. The SMILES string of the molecule is CCCCCCCCCCCCNC[C@H](O)CO. The van der Waals surface area contributed by atoms with E-state index in [2.05, 4.69) is 12.2 Å². The van der Waals surface area contributed by atoms with Gasteiger partial charge in [0.05, 0.1) is 12.7 Å². The molecule has 3 N–H and O–H groups in total. The minimum absolute atomic E-state index is 0.148. The van der Waals surface area contributed by atoms with E-state index in [-0.39, 0.29) is 6.61 Å². The smallest absolute Gasteiger partial charge is 0.0894 e. The Labute approximate surface area is 113 Å². The summed E-state index contributed by atoms with van der Waals surface area (Å²) in [5, 5.41) is 20.9. The molecule has 0 aromatic heterocycles. The second kappa shape index (κ2) is 14.9. The van der Waals surface area contributed by atoms with Crippen LogP contribution in [0.15, 0.2) is 0 Å². The highest BCUT2D eigenvalue weighted by molar-refractivity contribution is 4.57. The van der Waals surface area contributed by atoms with E-state index in [4.69, 9.17) is 10.2 Å². The molecule has 0 radical (unpaired) electrons. The van der Waals surface area contributed by atoms with Crippen LogP contribution in [0.4, 0.5) is 0 Å². The highest BCUT2D eigenvalue weighted by Gasteiger charge is 1.99. The number of rotatable bonds is 14. The fraction of sp³-hybridized carbons (Fsp3) is 1.00. The molecule has 0 aromatic rings. The fourth-order valence-corrected chi connectivity index (χ4v) is 2.07. The average Bonchev–Trinajstić information content (AvgIpc) is 2.39. The Hall–Kier alpha value is -0.120. The Morgan fingerprint density at radius 1 is 0.833 bits per heavy atom. The number of unbranched alkanes of at least 4 members (excludes halogenated alkanes) is 9. The van der Waals surface area contributed by atoms with Crippen molar-refractivity contribution < 1.29 is 10.2 Å². The summed E-state index contributed by atoms with van der Waals surface area (Å²) in [4.78, 5) is 0. The lowest BCUT2D eigenvalue weighted by Gasteiger charge is -2.08. The number of hydrogen-bond acceptors (Lipinski definition) is 3. The minimum Gasteiger partial charge on any atom is -0.394 e. The van der Waals surface area contributed by atoms with E-state index in [9.17, 15) is 0 Å². The quantitative estimate of drug-likeness (QED) is 0.420. The molecule has 0 fully saturated rings. The van der Waals surface area contributed by atoms with Gasteiger partial charge in [0.25, 0.3) is 0 Å². The van der Waals surface area contributed by atoms with Gasteiger partial charge in [-0.3, -0.25) is 0 Å². The molecule has 110 valence electrons. The van der Waals surface area contributed by atoms with Crippen LogP contribution in [-0.4, -0.2) is 36.0 Å². The largest absolute Gasteiger partial charge is 0.394 e. The van der Waals surface area contributed by atoms with E-state index >= 15 is 0 Å². The van der Waals surface area contributed by atoms with Crippen molar-refractivity contribution in [1.29, 1.82) is 0 Å². The van der Waals surface area contributed by atoms with Crippen LogP contribution in [-0.2, 0) is 0 Å². The zero-order chi connectivity index (χ0) is 13.5. The molecule has 0 heterocycles. The number of nitrogens with one attached hydrogen (secondary N) is 1. The van der Waals surface area contributed by atoms with E-state index in [0.717, 1.165) is 6.54 Å². The minimum atomic E-state index is -0.604. The van der Waals surface area contributed by atoms with Crippen molar-refractivity contribution in [2.45, 2.75) is 77.2 Å². The number of hydrogen-bond donors (Lipinski definition) is 3. The van der Waals surface area contributed by atoms with Crippen molar-refractivity contribution in [2.75, 3.05) is 19.7 Å². The van der Waals surface area contributed by atoms with Gasteiger partial charge >= 0.3 is 0 Å². The van der Waals surface area contributed by atoms with Gasteiger partial charge in [-0.1, -0.05) is 64.7 Å². The van der Waals surface area contributed by atoms with Crippen LogP contribution in [0.25, 0.3) is 0 Å². The third-order valence-electron chi connectivity index (χ3n) is 3.30. The van der Waals surface area contributed by atoms with Gasteiger partial charge in [0.1, 0.15) is 0 Å². The van der Waals surface area contributed by atoms with Gasteiger partial charge in [0.15, 0.2) is 0 Å². The maximum Gasteiger partial charge on any atom is 0.0894 e. The molecule has 0 amide bonds. The van der Waals surface area contributed by atoms with Crippen LogP contribution in [0, 0.1) is 0 Å². The predicted molar refractivity (Wildman–Crippen MR) is 77.8 cm³/mol. The van der Waals surface area contributed by atoms with E-state index < -0.39 is 6.10 Å². The van der Waals surface area contributed by atoms with E-state index in [0.29, 0.717) is 6.54 Å². The molecule has 0 aliphatic rings. The van der Waals surface area contributed by atoms with Gasteiger partial charge in [0.2, 0.25) is 0 Å². The van der Waals surface area contributed by atoms with Crippen molar-refractivity contribution in [3.8, 4) is 0 Å². The third kappa shape index (κ3) is 13.9. The Bertz CT molecular complexity index is 153. The highest BCUT2D eigenvalue weighted by atomic mass is 16.3. The summed E-state index contributed by atoms with van der Waals surface area (Å²) in [5.74, 6) is 0. The summed E-state index contributed by atoms with van der Waals surface area (Å²) < 4.78 is 0. The lowest BCUT2D eigenvalue weighted by atomic mass is 10.1. The van der Waals surface area contributed by atoms with Crippen LogP contribution >= 0.6 is 0 Å². The second-order valence-corrected chi connectivity index (χ2v) is 5.22. The normalized spacial score (nSPS) is 12.8. The molecular formula is C15H33NO2. The van der Waals surface area contributed by atoms with Crippen molar-refractivity contribution in [3.63, 3.8) is 0 Å². The van der Waals surface area contributed by atoms with Crippen molar-refractivity contribution in [2.24, 2.45) is 0 Å². The topological polar surface area (TPSA) is 52.5 Å². The fourth-order valence-electron chi connectivity index (χ4n) is 2.07. The molecule has 0 spiro atoms. The van der Waals surface area contributed by atoms with Gasteiger partial charge < -0.3 is 15.5 Å². The first-order chi connectivity index (χ1) is 8.81. The molecule has 18 heavy (non-hydrogen) atoms. The number of aliphatic hydroxyl groups excluding tert-OH is 2. The predicted octanol–water partition coefficient (Wildman–Crippen LogP) is 2.85. The average molecular weight is 259 g/mol. The van der Waals surface area contributed by atoms with Gasteiger partial charge in [-0.15, -0.1) is 0 Å². The highest BCUT2D eigenvalue weighted by Crippen LogP contribution is 2.10. The molecule has 0 saturated carbocycles. The third-order valence-corrected chi connectivity index (χ3v) is 3.30. The van der Waals surface area contributed by atoms with Crippen molar-refractivity contribution in [1.82, 2.24) is 5.32 Å². The molecule has 3 heteroatoms. The van der Waals surface area contributed by atoms with E-state index in [1.807, 2.05) is 0 Å². The Balaban J connectivity index is 2.94. The first kappa shape index (κ1) is 17.9. The van der Waals surface area contributed by atoms with Crippen LogP contribution in [0.2, 0.25) is 0 Å². The van der Waals surface area contributed by atoms with Crippen molar-refractivity contribution >= 4 is 0 Å². The molecule has 0 saturated heterocycles. The summed E-state index contributed by atoms with van der Waals surface area (Å²) in [7, 11) is 0. The van der Waals surface area contributed by atoms with Crippen LogP contribution < -0.4 is 5.32 Å². The van der Waals surface area contributed by atoms with E-state index in [1.54, 1.807) is 0 Å². The Morgan fingerprint density at radius 2 is 1.33 bits per heavy atom. The Kier molecular flexibility index (Phi) is 14.8. The molecule has 1 atom stereocenters. The van der Waals surface area contributed by atoms with Gasteiger partial charge in [-0.05, 0) is 13.0 Å². The van der Waals surface area contributed by atoms with Gasteiger partial charge in [-0.2, -0.15) is 0 Å². The summed E-state index contributed by atoms with van der Waals surface area (Å²) in [6.45, 7) is 3.57. The van der Waals surface area contributed by atoms with E-state index in [1.165, 1.54) is 64.2 Å². The maximum absolute atomic E-state index is 9.11. The molecule has 0 aliphatic carbocycles. The molecule has 3 nitrogen and oxygen atoms in total. The van der Waals surface area contributed by atoms with Crippen LogP contribution in [0.1, 0.15) is 71.1 Å². The van der Waals surface area contributed by atoms with Gasteiger partial charge in [0, 0.05) is 6.54 Å². The molecular weight excluding hydrogens is 226 g/mol. The van der Waals surface area contributed by atoms with Crippen LogP contribution in [0.3, 0.4) is 0 Å². The second-order valence-electron chi connectivity index (χ2n) is 5.22. The molecule has 0 unspecified atom stereocenters. The first-order valence-electron chi connectivity index (χ1n) is 7.81.